The zero-order chi connectivity index (χ0) is 18.4. The number of aromatic nitrogens is 1. The Morgan fingerprint density at radius 2 is 2.04 bits per heavy atom. The number of thioether (sulfide) groups is 1. The Kier molecular flexibility index (Phi) is 6.40. The van der Waals surface area contributed by atoms with Gasteiger partial charge >= 0.3 is 0 Å². The number of hydrogen-bond acceptors (Lipinski definition) is 5. The fourth-order valence-electron chi connectivity index (χ4n) is 2.59. The molecule has 5 nitrogen and oxygen atoms in total. The predicted molar refractivity (Wildman–Crippen MR) is 96.2 cm³/mol. The van der Waals surface area contributed by atoms with Crippen LogP contribution >= 0.6 is 11.8 Å². The first-order valence-corrected chi connectivity index (χ1v) is 9.23. The van der Waals surface area contributed by atoms with E-state index in [1.807, 2.05) is 12.1 Å². The molecule has 2 aromatic rings. The van der Waals surface area contributed by atoms with E-state index in [1.54, 1.807) is 6.20 Å². The van der Waals surface area contributed by atoms with Crippen LogP contribution in [0.3, 0.4) is 0 Å². The quantitative estimate of drug-likeness (QED) is 0.782. The van der Waals surface area contributed by atoms with Crippen molar-refractivity contribution in [1.82, 2.24) is 10.3 Å². The number of nitrogens with one attached hydrogen (secondary N) is 1. The van der Waals surface area contributed by atoms with Crippen LogP contribution in [0.1, 0.15) is 5.56 Å². The maximum atomic E-state index is 13.2. The van der Waals surface area contributed by atoms with Crippen molar-refractivity contribution in [2.24, 2.45) is 0 Å². The van der Waals surface area contributed by atoms with Crippen LogP contribution in [0.2, 0.25) is 0 Å². The third-order valence-electron chi connectivity index (χ3n) is 3.92. The summed E-state index contributed by atoms with van der Waals surface area (Å²) in [7, 11) is 0. The summed E-state index contributed by atoms with van der Waals surface area (Å²) < 4.78 is 31.5. The standard InChI is InChI=1S/C18H19F2N3O2S/c19-15-4-3-14(10-16(15)20)26-12-17(24)22-11-13-2-1-5-21-18(13)23-6-8-25-9-7-23/h1-5,10H,6-9,11-12H2,(H,22,24). The fourth-order valence-corrected chi connectivity index (χ4v) is 3.34. The van der Waals surface area contributed by atoms with Crippen LogP contribution < -0.4 is 10.2 Å². The maximum absolute atomic E-state index is 13.2. The van der Waals surface area contributed by atoms with Gasteiger partial charge in [0.2, 0.25) is 5.91 Å². The van der Waals surface area contributed by atoms with E-state index in [9.17, 15) is 13.6 Å². The monoisotopic (exact) mass is 379 g/mol. The highest BCUT2D eigenvalue weighted by atomic mass is 32.2. The Hall–Kier alpha value is -2.19. The number of pyridine rings is 1. The topological polar surface area (TPSA) is 54.5 Å². The molecular weight excluding hydrogens is 360 g/mol. The molecule has 0 aliphatic carbocycles. The van der Waals surface area contributed by atoms with E-state index in [4.69, 9.17) is 4.74 Å². The summed E-state index contributed by atoms with van der Waals surface area (Å²) in [6.07, 6.45) is 1.73. The van der Waals surface area contributed by atoms with Crippen molar-refractivity contribution >= 4 is 23.5 Å². The molecule has 1 aliphatic rings. The molecule has 0 atom stereocenters. The van der Waals surface area contributed by atoms with Gasteiger partial charge in [0.25, 0.3) is 0 Å². The van der Waals surface area contributed by atoms with Crippen LogP contribution in [0.15, 0.2) is 41.4 Å². The summed E-state index contributed by atoms with van der Waals surface area (Å²) in [5, 5.41) is 2.85. The Balaban J connectivity index is 1.53. The SMILES string of the molecule is O=C(CSc1ccc(F)c(F)c1)NCc1cccnc1N1CCOCC1. The van der Waals surface area contributed by atoms with Crippen LogP contribution in [-0.4, -0.2) is 42.9 Å². The molecule has 0 bridgehead atoms. The number of rotatable bonds is 6. The number of benzene rings is 1. The first kappa shape index (κ1) is 18.6. The van der Waals surface area contributed by atoms with Crippen molar-refractivity contribution in [2.45, 2.75) is 11.4 Å². The van der Waals surface area contributed by atoms with Crippen LogP contribution in [0.25, 0.3) is 0 Å². The van der Waals surface area contributed by atoms with Crippen molar-refractivity contribution in [2.75, 3.05) is 37.0 Å². The lowest BCUT2D eigenvalue weighted by Crippen LogP contribution is -2.38. The molecule has 1 aliphatic heterocycles. The second kappa shape index (κ2) is 8.95. The van der Waals surface area contributed by atoms with E-state index in [0.717, 1.165) is 48.4 Å². The number of hydrogen-bond donors (Lipinski definition) is 1. The minimum absolute atomic E-state index is 0.123. The summed E-state index contributed by atoms with van der Waals surface area (Å²) in [5.74, 6) is -1.02. The van der Waals surface area contributed by atoms with Crippen molar-refractivity contribution in [3.8, 4) is 0 Å². The molecular formula is C18H19F2N3O2S. The number of anilines is 1. The van der Waals surface area contributed by atoms with E-state index in [2.05, 4.69) is 15.2 Å². The molecule has 2 heterocycles. The van der Waals surface area contributed by atoms with Crippen molar-refractivity contribution in [3.05, 3.63) is 53.7 Å². The van der Waals surface area contributed by atoms with Crippen molar-refractivity contribution in [3.63, 3.8) is 0 Å². The van der Waals surface area contributed by atoms with Gasteiger partial charge in [-0.3, -0.25) is 4.79 Å². The first-order chi connectivity index (χ1) is 12.6. The smallest absolute Gasteiger partial charge is 0.230 e. The second-order valence-electron chi connectivity index (χ2n) is 5.73. The Morgan fingerprint density at radius 1 is 1.23 bits per heavy atom. The molecule has 0 spiro atoms. The highest BCUT2D eigenvalue weighted by molar-refractivity contribution is 8.00. The number of amides is 1. The minimum atomic E-state index is -0.916. The first-order valence-electron chi connectivity index (χ1n) is 8.24. The Morgan fingerprint density at radius 3 is 2.81 bits per heavy atom. The lowest BCUT2D eigenvalue weighted by Gasteiger charge is -2.29. The lowest BCUT2D eigenvalue weighted by molar-refractivity contribution is -0.118. The molecule has 1 aromatic carbocycles. The summed E-state index contributed by atoms with van der Waals surface area (Å²) in [6.45, 7) is 3.21. The lowest BCUT2D eigenvalue weighted by atomic mass is 10.2. The molecule has 1 fully saturated rings. The number of nitrogens with zero attached hydrogens (tertiary/aromatic N) is 2. The van der Waals surface area contributed by atoms with Crippen molar-refractivity contribution in [1.29, 1.82) is 0 Å². The van der Waals surface area contributed by atoms with E-state index < -0.39 is 11.6 Å². The molecule has 26 heavy (non-hydrogen) atoms. The van der Waals surface area contributed by atoms with Gasteiger partial charge in [-0.05, 0) is 24.3 Å². The molecule has 1 N–H and O–H groups in total. The van der Waals surface area contributed by atoms with Gasteiger partial charge in [-0.2, -0.15) is 0 Å². The number of ether oxygens (including phenoxy) is 1. The molecule has 0 radical (unpaired) electrons. The fraction of sp³-hybridized carbons (Fsp3) is 0.333. The number of carbonyl (C=O) groups is 1. The Labute approximate surface area is 154 Å². The van der Waals surface area contributed by atoms with E-state index >= 15 is 0 Å². The van der Waals surface area contributed by atoms with Gasteiger partial charge < -0.3 is 15.0 Å². The largest absolute Gasteiger partial charge is 0.378 e. The van der Waals surface area contributed by atoms with Crippen molar-refractivity contribution < 1.29 is 18.3 Å². The van der Waals surface area contributed by atoms with Crippen LogP contribution in [-0.2, 0) is 16.1 Å². The maximum Gasteiger partial charge on any atom is 0.230 e. The van der Waals surface area contributed by atoms with Crippen LogP contribution in [0.5, 0.6) is 0 Å². The summed E-state index contributed by atoms with van der Waals surface area (Å²) in [4.78, 5) is 19.2. The van der Waals surface area contributed by atoms with E-state index in [1.165, 1.54) is 6.07 Å². The predicted octanol–water partition coefficient (Wildman–Crippen LogP) is 2.60. The molecule has 138 valence electrons. The Bertz CT molecular complexity index is 770. The van der Waals surface area contributed by atoms with Gasteiger partial charge in [0.15, 0.2) is 11.6 Å². The third-order valence-corrected chi connectivity index (χ3v) is 4.91. The van der Waals surface area contributed by atoms with Gasteiger partial charge in [-0.25, -0.2) is 13.8 Å². The number of halogens is 2. The molecule has 8 heteroatoms. The van der Waals surface area contributed by atoms with E-state index in [0.29, 0.717) is 24.7 Å². The molecule has 0 unspecified atom stereocenters. The average Bonchev–Trinajstić information content (AvgIpc) is 2.68. The number of morpholine rings is 1. The van der Waals surface area contributed by atoms with Gasteiger partial charge in [0, 0.05) is 36.3 Å². The zero-order valence-corrected chi connectivity index (χ0v) is 14.9. The van der Waals surface area contributed by atoms with E-state index in [-0.39, 0.29) is 11.7 Å². The summed E-state index contributed by atoms with van der Waals surface area (Å²) >= 11 is 1.16. The third kappa shape index (κ3) is 4.92. The zero-order valence-electron chi connectivity index (χ0n) is 14.1. The van der Waals surface area contributed by atoms with Gasteiger partial charge in [-0.1, -0.05) is 6.07 Å². The van der Waals surface area contributed by atoms with Gasteiger partial charge in [0.05, 0.1) is 19.0 Å². The normalized spacial score (nSPS) is 14.3. The molecule has 1 amide bonds. The highest BCUT2D eigenvalue weighted by Gasteiger charge is 2.16. The van der Waals surface area contributed by atoms with Crippen LogP contribution in [0, 0.1) is 11.6 Å². The van der Waals surface area contributed by atoms with Gasteiger partial charge in [-0.15, -0.1) is 11.8 Å². The molecule has 1 aromatic heterocycles. The van der Waals surface area contributed by atoms with Gasteiger partial charge in [0.1, 0.15) is 5.82 Å². The minimum Gasteiger partial charge on any atom is -0.378 e. The summed E-state index contributed by atoms with van der Waals surface area (Å²) in [5.41, 5.74) is 0.931. The molecule has 0 saturated carbocycles. The highest BCUT2D eigenvalue weighted by Crippen LogP contribution is 2.21. The second-order valence-corrected chi connectivity index (χ2v) is 6.78. The molecule has 3 rings (SSSR count). The van der Waals surface area contributed by atoms with Crippen LogP contribution in [0.4, 0.5) is 14.6 Å². The average molecular weight is 379 g/mol. The molecule has 1 saturated heterocycles. The number of carbonyl (C=O) groups excluding carboxylic acids is 1. The summed E-state index contributed by atoms with van der Waals surface area (Å²) in [6, 6.07) is 7.36.